The number of benzene rings is 2. The molecule has 0 atom stereocenters. The lowest BCUT2D eigenvalue weighted by Crippen LogP contribution is -2.24. The number of aromatic nitrogens is 2. The standard InChI is InChI=1S/C20H15N5O3/c21-9-14-3-1-2-4-15(14)25-19-8-16(23-11-24-19)20(26)22-10-13-5-6-17-18(7-13)28-12-27-17/h1-8,11H,10,12H2,(H,22,26)(H,23,24,25). The van der Waals surface area contributed by atoms with Gasteiger partial charge in [0.05, 0.1) is 11.3 Å². The van der Waals surface area contributed by atoms with Gasteiger partial charge in [-0.2, -0.15) is 5.26 Å². The monoisotopic (exact) mass is 373 g/mol. The van der Waals surface area contributed by atoms with Gasteiger partial charge in [-0.25, -0.2) is 9.97 Å². The number of para-hydroxylation sites is 1. The Balaban J connectivity index is 1.43. The summed E-state index contributed by atoms with van der Waals surface area (Å²) in [6.45, 7) is 0.524. The molecule has 2 N–H and O–H groups in total. The summed E-state index contributed by atoms with van der Waals surface area (Å²) in [4.78, 5) is 20.6. The Hall–Kier alpha value is -4.12. The maximum atomic E-state index is 12.4. The zero-order chi connectivity index (χ0) is 19.3. The van der Waals surface area contributed by atoms with Crippen molar-refractivity contribution in [2.24, 2.45) is 0 Å². The molecule has 3 aromatic rings. The van der Waals surface area contributed by atoms with E-state index in [1.54, 1.807) is 18.2 Å². The number of fused-ring (bicyclic) bond motifs is 1. The number of hydrogen-bond acceptors (Lipinski definition) is 7. The number of hydrogen-bond donors (Lipinski definition) is 2. The average molecular weight is 373 g/mol. The van der Waals surface area contributed by atoms with E-state index >= 15 is 0 Å². The smallest absolute Gasteiger partial charge is 0.270 e. The number of ether oxygens (including phenoxy) is 2. The second-order valence-corrected chi connectivity index (χ2v) is 5.94. The molecule has 0 radical (unpaired) electrons. The number of carbonyl (C=O) groups is 1. The van der Waals surface area contributed by atoms with Crippen molar-refractivity contribution in [1.29, 1.82) is 5.26 Å². The van der Waals surface area contributed by atoms with E-state index < -0.39 is 0 Å². The molecule has 0 unspecified atom stereocenters. The molecule has 28 heavy (non-hydrogen) atoms. The summed E-state index contributed by atoms with van der Waals surface area (Å²) >= 11 is 0. The first kappa shape index (κ1) is 17.3. The molecule has 1 aliphatic rings. The van der Waals surface area contributed by atoms with Gasteiger partial charge in [0.25, 0.3) is 5.91 Å². The third kappa shape index (κ3) is 3.68. The van der Waals surface area contributed by atoms with Crippen LogP contribution in [0.3, 0.4) is 0 Å². The third-order valence-electron chi connectivity index (χ3n) is 4.10. The molecule has 8 heteroatoms. The Labute approximate surface area is 160 Å². The first-order valence-electron chi connectivity index (χ1n) is 8.48. The minimum atomic E-state index is -0.336. The largest absolute Gasteiger partial charge is 0.454 e. The molecular weight excluding hydrogens is 358 g/mol. The van der Waals surface area contributed by atoms with Crippen molar-refractivity contribution in [3.8, 4) is 17.6 Å². The zero-order valence-corrected chi connectivity index (χ0v) is 14.7. The Morgan fingerprint density at radius 3 is 2.86 bits per heavy atom. The van der Waals surface area contributed by atoms with Crippen LogP contribution in [-0.4, -0.2) is 22.7 Å². The molecule has 8 nitrogen and oxygen atoms in total. The number of nitrogens with zero attached hydrogens (tertiary/aromatic N) is 3. The number of amides is 1. The quantitative estimate of drug-likeness (QED) is 0.708. The molecular formula is C20H15N5O3. The van der Waals surface area contributed by atoms with Gasteiger partial charge < -0.3 is 20.1 Å². The maximum absolute atomic E-state index is 12.4. The van der Waals surface area contributed by atoms with E-state index in [1.165, 1.54) is 12.4 Å². The van der Waals surface area contributed by atoms with Gasteiger partial charge in [-0.15, -0.1) is 0 Å². The molecule has 0 saturated heterocycles. The predicted octanol–water partition coefficient (Wildman–Crippen LogP) is 2.75. The highest BCUT2D eigenvalue weighted by Gasteiger charge is 2.14. The molecule has 0 aliphatic carbocycles. The lowest BCUT2D eigenvalue weighted by atomic mass is 10.2. The fraction of sp³-hybridized carbons (Fsp3) is 0.100. The van der Waals surface area contributed by atoms with Crippen molar-refractivity contribution in [3.63, 3.8) is 0 Å². The Morgan fingerprint density at radius 1 is 1.11 bits per heavy atom. The second-order valence-electron chi connectivity index (χ2n) is 5.94. The SMILES string of the molecule is N#Cc1ccccc1Nc1cc(C(=O)NCc2ccc3c(c2)OCO3)ncn1. The van der Waals surface area contributed by atoms with Gasteiger partial charge in [0, 0.05) is 12.6 Å². The molecule has 4 rings (SSSR count). The molecule has 138 valence electrons. The van der Waals surface area contributed by atoms with Crippen LogP contribution in [-0.2, 0) is 6.54 Å². The lowest BCUT2D eigenvalue weighted by Gasteiger charge is -2.09. The molecule has 0 fully saturated rings. The summed E-state index contributed by atoms with van der Waals surface area (Å²) in [5.74, 6) is 1.44. The van der Waals surface area contributed by atoms with Gasteiger partial charge in [0.2, 0.25) is 6.79 Å². The van der Waals surface area contributed by atoms with Crippen LogP contribution >= 0.6 is 0 Å². The molecule has 2 heterocycles. The van der Waals surface area contributed by atoms with Gasteiger partial charge in [-0.3, -0.25) is 4.79 Å². The third-order valence-corrected chi connectivity index (χ3v) is 4.10. The highest BCUT2D eigenvalue weighted by Crippen LogP contribution is 2.32. The topological polar surface area (TPSA) is 109 Å². The van der Waals surface area contributed by atoms with Crippen molar-refractivity contribution in [3.05, 3.63) is 71.7 Å². The molecule has 0 saturated carbocycles. The second kappa shape index (κ2) is 7.63. The van der Waals surface area contributed by atoms with Crippen molar-refractivity contribution in [2.45, 2.75) is 6.54 Å². The van der Waals surface area contributed by atoms with Crippen LogP contribution < -0.4 is 20.1 Å². The zero-order valence-electron chi connectivity index (χ0n) is 14.7. The van der Waals surface area contributed by atoms with Crippen LogP contribution in [0.15, 0.2) is 54.9 Å². The molecule has 2 aromatic carbocycles. The van der Waals surface area contributed by atoms with Crippen LogP contribution in [0.25, 0.3) is 0 Å². The van der Waals surface area contributed by atoms with Gasteiger partial charge >= 0.3 is 0 Å². The van der Waals surface area contributed by atoms with E-state index in [1.807, 2.05) is 24.3 Å². The molecule has 1 aromatic heterocycles. The van der Waals surface area contributed by atoms with E-state index in [9.17, 15) is 10.1 Å². The summed E-state index contributed by atoms with van der Waals surface area (Å²) in [6, 6.07) is 16.2. The van der Waals surface area contributed by atoms with Gasteiger partial charge in [-0.1, -0.05) is 18.2 Å². The lowest BCUT2D eigenvalue weighted by molar-refractivity contribution is 0.0945. The number of nitrogens with one attached hydrogen (secondary N) is 2. The highest BCUT2D eigenvalue weighted by molar-refractivity contribution is 5.93. The number of nitriles is 1. The predicted molar refractivity (Wildman–Crippen MR) is 100 cm³/mol. The Morgan fingerprint density at radius 2 is 1.96 bits per heavy atom. The minimum Gasteiger partial charge on any atom is -0.454 e. The van der Waals surface area contributed by atoms with E-state index in [0.717, 1.165) is 5.56 Å². The Kier molecular flexibility index (Phi) is 4.72. The molecule has 0 spiro atoms. The summed E-state index contributed by atoms with van der Waals surface area (Å²) in [5.41, 5.74) is 2.19. The van der Waals surface area contributed by atoms with Crippen molar-refractivity contribution >= 4 is 17.4 Å². The first-order chi connectivity index (χ1) is 13.7. The van der Waals surface area contributed by atoms with E-state index in [-0.39, 0.29) is 18.4 Å². The van der Waals surface area contributed by atoms with E-state index in [2.05, 4.69) is 26.7 Å². The number of anilines is 2. The van der Waals surface area contributed by atoms with Crippen LogP contribution in [0.5, 0.6) is 11.5 Å². The van der Waals surface area contributed by atoms with Crippen molar-refractivity contribution < 1.29 is 14.3 Å². The summed E-state index contributed by atoms with van der Waals surface area (Å²) < 4.78 is 10.6. The fourth-order valence-electron chi connectivity index (χ4n) is 2.70. The molecule has 1 aliphatic heterocycles. The molecule has 0 bridgehead atoms. The number of carbonyl (C=O) groups excluding carboxylic acids is 1. The van der Waals surface area contributed by atoms with Crippen LogP contribution in [0.4, 0.5) is 11.5 Å². The molecule has 1 amide bonds. The van der Waals surface area contributed by atoms with Crippen molar-refractivity contribution in [2.75, 3.05) is 12.1 Å². The summed E-state index contributed by atoms with van der Waals surface area (Å²) in [6.07, 6.45) is 1.30. The van der Waals surface area contributed by atoms with E-state index in [4.69, 9.17) is 9.47 Å². The fourth-order valence-corrected chi connectivity index (χ4v) is 2.70. The van der Waals surface area contributed by atoms with Crippen LogP contribution in [0.1, 0.15) is 21.6 Å². The normalized spacial score (nSPS) is 11.5. The van der Waals surface area contributed by atoms with Gasteiger partial charge in [0.15, 0.2) is 11.5 Å². The number of rotatable bonds is 5. The van der Waals surface area contributed by atoms with E-state index in [0.29, 0.717) is 35.1 Å². The summed E-state index contributed by atoms with van der Waals surface area (Å²) in [7, 11) is 0. The first-order valence-corrected chi connectivity index (χ1v) is 8.48. The Bertz CT molecular complexity index is 1080. The average Bonchev–Trinajstić information content (AvgIpc) is 3.20. The highest BCUT2D eigenvalue weighted by atomic mass is 16.7. The van der Waals surface area contributed by atoms with Crippen LogP contribution in [0.2, 0.25) is 0 Å². The van der Waals surface area contributed by atoms with Gasteiger partial charge in [0.1, 0.15) is 23.9 Å². The van der Waals surface area contributed by atoms with Crippen LogP contribution in [0, 0.1) is 11.3 Å². The van der Waals surface area contributed by atoms with Crippen molar-refractivity contribution in [1.82, 2.24) is 15.3 Å². The minimum absolute atomic E-state index is 0.205. The van der Waals surface area contributed by atoms with Gasteiger partial charge in [-0.05, 0) is 29.8 Å². The summed E-state index contributed by atoms with van der Waals surface area (Å²) in [5, 5.41) is 15.0. The maximum Gasteiger partial charge on any atom is 0.270 e.